The second-order valence-corrected chi connectivity index (χ2v) is 13.7. The molecule has 0 unspecified atom stereocenters. The lowest BCUT2D eigenvalue weighted by Gasteiger charge is -2.21. The molecule has 0 N–H and O–H groups in total. The smallest absolute Gasteiger partial charge is 0.164 e. The fourth-order valence-corrected chi connectivity index (χ4v) is 8.60. The van der Waals surface area contributed by atoms with Crippen molar-refractivity contribution in [2.24, 2.45) is 0 Å². The van der Waals surface area contributed by atoms with E-state index in [0.717, 1.165) is 39.5 Å². The van der Waals surface area contributed by atoms with E-state index in [1.165, 1.54) is 52.8 Å². The number of hydrogen-bond acceptors (Lipinski definition) is 3. The molecule has 212 valence electrons. The van der Waals surface area contributed by atoms with E-state index in [-0.39, 0.29) is 5.41 Å². The highest BCUT2D eigenvalue weighted by atomic mass is 32.1. The van der Waals surface area contributed by atoms with Crippen LogP contribution in [0, 0.1) is 0 Å². The van der Waals surface area contributed by atoms with Crippen molar-refractivity contribution in [2.45, 2.75) is 19.3 Å². The first-order valence-corrected chi connectivity index (χ1v) is 16.2. The first kappa shape index (κ1) is 25.1. The minimum atomic E-state index is -0.273. The zero-order valence-electron chi connectivity index (χ0n) is 24.9. The van der Waals surface area contributed by atoms with Crippen molar-refractivity contribution in [2.75, 3.05) is 0 Å². The molecule has 0 fully saturated rings. The molecule has 3 aromatic heterocycles. The molecule has 6 aromatic carbocycles. The Morgan fingerprint density at radius 3 is 2.16 bits per heavy atom. The summed E-state index contributed by atoms with van der Waals surface area (Å²) >= 11 is 1.84. The number of para-hydroxylation sites is 1. The molecule has 0 amide bonds. The summed E-state index contributed by atoms with van der Waals surface area (Å²) < 4.78 is 4.94. The molecule has 0 spiro atoms. The number of fused-ring (bicyclic) bond motifs is 10. The van der Waals surface area contributed by atoms with Crippen LogP contribution in [0.4, 0.5) is 0 Å². The van der Waals surface area contributed by atoms with E-state index in [1.807, 2.05) is 11.3 Å². The summed E-state index contributed by atoms with van der Waals surface area (Å²) in [5.74, 6) is 0.870. The van der Waals surface area contributed by atoms with Gasteiger partial charge in [0.15, 0.2) is 5.82 Å². The van der Waals surface area contributed by atoms with Crippen LogP contribution in [0.2, 0.25) is 0 Å². The molecule has 0 aliphatic heterocycles. The molecule has 0 radical (unpaired) electrons. The summed E-state index contributed by atoms with van der Waals surface area (Å²) in [4.78, 5) is 11.2. The minimum absolute atomic E-state index is 0.273. The Morgan fingerprint density at radius 2 is 1.27 bits per heavy atom. The third-order valence-corrected chi connectivity index (χ3v) is 10.9. The average molecular weight is 594 g/mol. The molecule has 0 atom stereocenters. The van der Waals surface area contributed by atoms with E-state index in [1.54, 1.807) is 0 Å². The molecular formula is C41H27N3S. The molecule has 0 saturated heterocycles. The summed E-state index contributed by atoms with van der Waals surface area (Å²) in [6.45, 7) is 4.55. The predicted octanol–water partition coefficient (Wildman–Crippen LogP) is 11.1. The third-order valence-electron chi connectivity index (χ3n) is 9.73. The van der Waals surface area contributed by atoms with E-state index >= 15 is 0 Å². The topological polar surface area (TPSA) is 30.7 Å². The van der Waals surface area contributed by atoms with Crippen LogP contribution in [-0.2, 0) is 5.41 Å². The molecule has 1 aliphatic carbocycles. The van der Waals surface area contributed by atoms with Crippen LogP contribution in [0.25, 0.3) is 81.1 Å². The average Bonchev–Trinajstić information content (AvgIpc) is 3.68. The maximum absolute atomic E-state index is 5.65. The largest absolute Gasteiger partial charge is 0.292 e. The fraction of sp³-hybridized carbons (Fsp3) is 0.0732. The van der Waals surface area contributed by atoms with Crippen molar-refractivity contribution >= 4 is 64.1 Å². The number of benzene rings is 6. The highest BCUT2D eigenvalue weighted by molar-refractivity contribution is 7.25. The molecule has 4 heteroatoms. The first-order chi connectivity index (χ1) is 22.1. The van der Waals surface area contributed by atoms with Crippen LogP contribution in [0.1, 0.15) is 25.1 Å². The number of nitrogens with zero attached hydrogens (tertiary/aromatic N) is 3. The molecule has 45 heavy (non-hydrogen) atoms. The van der Waals surface area contributed by atoms with Gasteiger partial charge in [0.2, 0.25) is 0 Å². The third kappa shape index (κ3) is 3.40. The molecule has 3 nitrogen and oxygen atoms in total. The number of thiophene rings is 1. The van der Waals surface area contributed by atoms with Gasteiger partial charge in [-0.1, -0.05) is 105 Å². The van der Waals surface area contributed by atoms with Crippen LogP contribution >= 0.6 is 11.3 Å². The lowest BCUT2D eigenvalue weighted by molar-refractivity contribution is 0.633. The Labute approximate surface area is 264 Å². The summed E-state index contributed by atoms with van der Waals surface area (Å²) in [5, 5.41) is 7.43. The highest BCUT2D eigenvalue weighted by Gasteiger charge is 2.39. The molecule has 0 bridgehead atoms. The Morgan fingerprint density at radius 1 is 0.556 bits per heavy atom. The normalized spacial score (nSPS) is 13.7. The van der Waals surface area contributed by atoms with Gasteiger partial charge in [0.1, 0.15) is 5.69 Å². The van der Waals surface area contributed by atoms with Crippen LogP contribution in [0.3, 0.4) is 0 Å². The van der Waals surface area contributed by atoms with E-state index in [9.17, 15) is 0 Å². The Hall–Kier alpha value is -5.32. The summed E-state index contributed by atoms with van der Waals surface area (Å²) in [6, 6.07) is 46.1. The fourth-order valence-electron chi connectivity index (χ4n) is 7.52. The monoisotopic (exact) mass is 593 g/mol. The molecule has 0 saturated carbocycles. The van der Waals surface area contributed by atoms with Gasteiger partial charge in [0, 0.05) is 47.5 Å². The van der Waals surface area contributed by atoms with Crippen molar-refractivity contribution in [1.82, 2.24) is 14.5 Å². The van der Waals surface area contributed by atoms with Crippen LogP contribution in [0.5, 0.6) is 0 Å². The lowest BCUT2D eigenvalue weighted by atomic mass is 9.85. The van der Waals surface area contributed by atoms with Gasteiger partial charge in [0.05, 0.1) is 22.4 Å². The molecule has 9 aromatic rings. The zero-order chi connectivity index (χ0) is 29.9. The van der Waals surface area contributed by atoms with Gasteiger partial charge < -0.3 is 0 Å². The minimum Gasteiger partial charge on any atom is -0.292 e. The second kappa shape index (κ2) is 8.87. The maximum Gasteiger partial charge on any atom is 0.164 e. The van der Waals surface area contributed by atoms with Crippen LogP contribution in [-0.4, -0.2) is 14.5 Å². The van der Waals surface area contributed by atoms with Crippen molar-refractivity contribution in [3.8, 4) is 28.3 Å². The van der Waals surface area contributed by atoms with Crippen molar-refractivity contribution < 1.29 is 0 Å². The van der Waals surface area contributed by atoms with Gasteiger partial charge >= 0.3 is 0 Å². The van der Waals surface area contributed by atoms with Crippen molar-refractivity contribution in [3.63, 3.8) is 0 Å². The number of hydrogen-bond donors (Lipinski definition) is 0. The zero-order valence-corrected chi connectivity index (χ0v) is 25.7. The number of rotatable bonds is 2. The molecule has 10 rings (SSSR count). The summed E-state index contributed by atoms with van der Waals surface area (Å²) in [7, 11) is 0. The Bertz CT molecular complexity index is 2690. The van der Waals surface area contributed by atoms with E-state index in [0.29, 0.717) is 0 Å². The van der Waals surface area contributed by atoms with Gasteiger partial charge in [-0.3, -0.25) is 4.57 Å². The SMILES string of the molecule is CC1(C)c2ccccc2-c2nc(-c3ccc4sc5ccccc5c4c3)c(-n3c4ccccc4c4cc5ccccc5cc43)nc21. The van der Waals surface area contributed by atoms with Crippen LogP contribution < -0.4 is 0 Å². The predicted molar refractivity (Wildman–Crippen MR) is 190 cm³/mol. The quantitative estimate of drug-likeness (QED) is 0.200. The molecule has 1 aliphatic rings. The van der Waals surface area contributed by atoms with Gasteiger partial charge in [-0.15, -0.1) is 11.3 Å². The standard InChI is InChI=1S/C41H27N3S/c1-41(2)32-16-8-5-15-29(32)38-39(41)43-40(37(42-38)26-19-20-36-31(22-26)28-14-7-10-18-35(28)45-36)44-33-17-9-6-13-27(33)30-21-24-11-3-4-12-25(24)23-34(30)44/h3-23H,1-2H3. The lowest BCUT2D eigenvalue weighted by Crippen LogP contribution is -2.18. The molecule has 3 heterocycles. The van der Waals surface area contributed by atoms with E-state index in [4.69, 9.17) is 9.97 Å². The maximum atomic E-state index is 5.65. The van der Waals surface area contributed by atoms with E-state index in [2.05, 4.69) is 146 Å². The van der Waals surface area contributed by atoms with Gasteiger partial charge in [0.25, 0.3) is 0 Å². The first-order valence-electron chi connectivity index (χ1n) is 15.4. The summed E-state index contributed by atoms with van der Waals surface area (Å²) in [5.41, 5.74) is 8.43. The number of aromatic nitrogens is 3. The van der Waals surface area contributed by atoms with Gasteiger partial charge in [-0.05, 0) is 52.7 Å². The van der Waals surface area contributed by atoms with Gasteiger partial charge in [-0.25, -0.2) is 9.97 Å². The van der Waals surface area contributed by atoms with E-state index < -0.39 is 0 Å². The second-order valence-electron chi connectivity index (χ2n) is 12.6. The Balaban J connectivity index is 1.36. The Kier molecular flexibility index (Phi) is 4.94. The van der Waals surface area contributed by atoms with Crippen molar-refractivity contribution in [1.29, 1.82) is 0 Å². The molecular weight excluding hydrogens is 567 g/mol. The van der Waals surface area contributed by atoms with Crippen LogP contribution in [0.15, 0.2) is 127 Å². The van der Waals surface area contributed by atoms with Crippen molar-refractivity contribution in [3.05, 3.63) is 139 Å². The summed E-state index contributed by atoms with van der Waals surface area (Å²) in [6.07, 6.45) is 0. The van der Waals surface area contributed by atoms with Gasteiger partial charge in [-0.2, -0.15) is 0 Å². The highest BCUT2D eigenvalue weighted by Crippen LogP contribution is 2.49.